The Bertz CT molecular complexity index is 266. The number of amides is 1. The maximum atomic E-state index is 11.6. The molecule has 2 aliphatic rings. The standard InChI is InChI=1S/C12H22N2O2/c1-2-7-16-10-5-6-12(8-10,11(13)15)14-9-3-4-9/h9-10,14H,2-8H2,1H3,(H2,13,15). The van der Waals surface area contributed by atoms with Crippen LogP contribution in [0.3, 0.4) is 0 Å². The van der Waals surface area contributed by atoms with E-state index in [1.165, 1.54) is 12.8 Å². The van der Waals surface area contributed by atoms with Gasteiger partial charge in [0.1, 0.15) is 5.54 Å². The average Bonchev–Trinajstić information content (AvgIpc) is 2.95. The molecule has 2 fully saturated rings. The van der Waals surface area contributed by atoms with Gasteiger partial charge in [-0.25, -0.2) is 0 Å². The first-order valence-electron chi connectivity index (χ1n) is 6.35. The highest BCUT2D eigenvalue weighted by Crippen LogP contribution is 2.35. The van der Waals surface area contributed by atoms with Crippen molar-refractivity contribution in [3.63, 3.8) is 0 Å². The summed E-state index contributed by atoms with van der Waals surface area (Å²) in [7, 11) is 0. The molecule has 1 amide bonds. The number of hydrogen-bond donors (Lipinski definition) is 2. The van der Waals surface area contributed by atoms with Crippen molar-refractivity contribution in [2.45, 2.75) is 63.1 Å². The van der Waals surface area contributed by atoms with Crippen LogP contribution in [0.25, 0.3) is 0 Å². The number of nitrogens with two attached hydrogens (primary N) is 1. The number of rotatable bonds is 6. The van der Waals surface area contributed by atoms with Gasteiger partial charge in [-0.3, -0.25) is 4.79 Å². The molecule has 0 bridgehead atoms. The molecule has 16 heavy (non-hydrogen) atoms. The molecule has 4 heteroatoms. The van der Waals surface area contributed by atoms with E-state index in [2.05, 4.69) is 12.2 Å². The lowest BCUT2D eigenvalue weighted by atomic mass is 9.96. The molecule has 0 saturated heterocycles. The molecule has 2 rings (SSSR count). The van der Waals surface area contributed by atoms with E-state index >= 15 is 0 Å². The molecule has 2 saturated carbocycles. The molecule has 0 radical (unpaired) electrons. The second-order valence-corrected chi connectivity index (χ2v) is 5.10. The average molecular weight is 226 g/mol. The van der Waals surface area contributed by atoms with E-state index in [0.29, 0.717) is 6.04 Å². The third kappa shape index (κ3) is 2.55. The van der Waals surface area contributed by atoms with E-state index in [-0.39, 0.29) is 12.0 Å². The Balaban J connectivity index is 1.91. The molecule has 4 nitrogen and oxygen atoms in total. The van der Waals surface area contributed by atoms with Crippen molar-refractivity contribution in [2.75, 3.05) is 6.61 Å². The third-order valence-electron chi connectivity index (χ3n) is 3.56. The van der Waals surface area contributed by atoms with Crippen molar-refractivity contribution >= 4 is 5.91 Å². The maximum absolute atomic E-state index is 11.6. The molecule has 0 aromatic heterocycles. The summed E-state index contributed by atoms with van der Waals surface area (Å²) in [6.45, 7) is 2.88. The van der Waals surface area contributed by atoms with E-state index in [4.69, 9.17) is 10.5 Å². The van der Waals surface area contributed by atoms with E-state index in [0.717, 1.165) is 32.3 Å². The molecule has 0 aromatic rings. The lowest BCUT2D eigenvalue weighted by molar-refractivity contribution is -0.124. The lowest BCUT2D eigenvalue weighted by Crippen LogP contribution is -2.54. The van der Waals surface area contributed by atoms with Crippen molar-refractivity contribution in [1.82, 2.24) is 5.32 Å². The van der Waals surface area contributed by atoms with Gasteiger partial charge >= 0.3 is 0 Å². The number of primary amides is 1. The van der Waals surface area contributed by atoms with Crippen LogP contribution in [0.15, 0.2) is 0 Å². The maximum Gasteiger partial charge on any atom is 0.237 e. The first-order chi connectivity index (χ1) is 7.66. The van der Waals surface area contributed by atoms with Crippen molar-refractivity contribution in [2.24, 2.45) is 5.73 Å². The van der Waals surface area contributed by atoms with Crippen LogP contribution >= 0.6 is 0 Å². The molecule has 2 aliphatic carbocycles. The Morgan fingerprint density at radius 2 is 2.25 bits per heavy atom. The smallest absolute Gasteiger partial charge is 0.237 e. The summed E-state index contributed by atoms with van der Waals surface area (Å²) in [5, 5.41) is 3.42. The van der Waals surface area contributed by atoms with E-state index in [9.17, 15) is 4.79 Å². The van der Waals surface area contributed by atoms with E-state index in [1.807, 2.05) is 0 Å². The highest BCUT2D eigenvalue weighted by molar-refractivity contribution is 5.85. The van der Waals surface area contributed by atoms with Crippen molar-refractivity contribution in [1.29, 1.82) is 0 Å². The zero-order valence-corrected chi connectivity index (χ0v) is 10.00. The fraction of sp³-hybridized carbons (Fsp3) is 0.917. The van der Waals surface area contributed by atoms with Crippen molar-refractivity contribution in [3.8, 4) is 0 Å². The summed E-state index contributed by atoms with van der Waals surface area (Å²) in [6.07, 6.45) is 6.11. The van der Waals surface area contributed by atoms with E-state index < -0.39 is 5.54 Å². The highest BCUT2D eigenvalue weighted by Gasteiger charge is 2.47. The second kappa shape index (κ2) is 4.72. The summed E-state index contributed by atoms with van der Waals surface area (Å²) < 4.78 is 5.71. The predicted octanol–water partition coefficient (Wildman–Crippen LogP) is 0.942. The summed E-state index contributed by atoms with van der Waals surface area (Å²) in [5.41, 5.74) is 5.06. The zero-order valence-electron chi connectivity index (χ0n) is 10.00. The number of hydrogen-bond acceptors (Lipinski definition) is 3. The number of carbonyl (C=O) groups is 1. The quantitative estimate of drug-likeness (QED) is 0.708. The second-order valence-electron chi connectivity index (χ2n) is 5.10. The van der Waals surface area contributed by atoms with Gasteiger partial charge in [-0.2, -0.15) is 0 Å². The monoisotopic (exact) mass is 226 g/mol. The Morgan fingerprint density at radius 3 is 2.81 bits per heavy atom. The minimum absolute atomic E-state index is 0.206. The number of carbonyl (C=O) groups excluding carboxylic acids is 1. The lowest BCUT2D eigenvalue weighted by Gasteiger charge is -2.27. The minimum Gasteiger partial charge on any atom is -0.378 e. The summed E-state index contributed by atoms with van der Waals surface area (Å²) in [5.74, 6) is -0.206. The summed E-state index contributed by atoms with van der Waals surface area (Å²) in [4.78, 5) is 11.6. The van der Waals surface area contributed by atoms with Crippen molar-refractivity contribution in [3.05, 3.63) is 0 Å². The first-order valence-corrected chi connectivity index (χ1v) is 6.35. The van der Waals surface area contributed by atoms with Crippen LogP contribution in [-0.2, 0) is 9.53 Å². The molecular formula is C12H22N2O2. The fourth-order valence-electron chi connectivity index (χ4n) is 2.47. The molecule has 0 heterocycles. The zero-order chi connectivity index (χ0) is 11.6. The Labute approximate surface area is 96.9 Å². The number of nitrogens with one attached hydrogen (secondary N) is 1. The molecule has 0 spiro atoms. The van der Waals surface area contributed by atoms with Crippen LogP contribution in [-0.4, -0.2) is 30.2 Å². The number of ether oxygens (including phenoxy) is 1. The molecule has 0 aromatic carbocycles. The van der Waals surface area contributed by atoms with Crippen LogP contribution in [0.4, 0.5) is 0 Å². The van der Waals surface area contributed by atoms with Gasteiger partial charge in [0.25, 0.3) is 0 Å². The Kier molecular flexibility index (Phi) is 3.50. The molecule has 3 N–H and O–H groups in total. The first kappa shape index (κ1) is 11.9. The predicted molar refractivity (Wildman–Crippen MR) is 62.0 cm³/mol. The van der Waals surface area contributed by atoms with Crippen LogP contribution in [0.5, 0.6) is 0 Å². The summed E-state index contributed by atoms with van der Waals surface area (Å²) >= 11 is 0. The van der Waals surface area contributed by atoms with Crippen molar-refractivity contribution < 1.29 is 9.53 Å². The molecular weight excluding hydrogens is 204 g/mol. The topological polar surface area (TPSA) is 64.3 Å². The Hall–Kier alpha value is -0.610. The fourth-order valence-corrected chi connectivity index (χ4v) is 2.47. The minimum atomic E-state index is -0.487. The molecule has 2 atom stereocenters. The van der Waals surface area contributed by atoms with Crippen LogP contribution < -0.4 is 11.1 Å². The van der Waals surface area contributed by atoms with Gasteiger partial charge in [0.05, 0.1) is 6.10 Å². The van der Waals surface area contributed by atoms with Gasteiger partial charge in [0.15, 0.2) is 0 Å². The SMILES string of the molecule is CCCOC1CCC(NC2CC2)(C(N)=O)C1. The highest BCUT2D eigenvalue weighted by atomic mass is 16.5. The van der Waals surface area contributed by atoms with Gasteiger partial charge in [-0.1, -0.05) is 6.92 Å². The molecule has 92 valence electrons. The van der Waals surface area contributed by atoms with Gasteiger partial charge in [-0.15, -0.1) is 0 Å². The normalized spacial score (nSPS) is 34.2. The van der Waals surface area contributed by atoms with Gasteiger partial charge in [0, 0.05) is 19.1 Å². The molecule has 0 aliphatic heterocycles. The van der Waals surface area contributed by atoms with Crippen LogP contribution in [0.2, 0.25) is 0 Å². The van der Waals surface area contributed by atoms with Crippen LogP contribution in [0, 0.1) is 0 Å². The Morgan fingerprint density at radius 1 is 1.50 bits per heavy atom. The largest absolute Gasteiger partial charge is 0.378 e. The molecule has 2 unspecified atom stereocenters. The summed E-state index contributed by atoms with van der Waals surface area (Å²) in [6, 6.07) is 0.512. The van der Waals surface area contributed by atoms with Crippen LogP contribution in [0.1, 0.15) is 45.4 Å². The third-order valence-corrected chi connectivity index (χ3v) is 3.56. The van der Waals surface area contributed by atoms with Gasteiger partial charge in [0.2, 0.25) is 5.91 Å². The van der Waals surface area contributed by atoms with E-state index in [1.54, 1.807) is 0 Å². The van der Waals surface area contributed by atoms with Gasteiger partial charge < -0.3 is 15.8 Å². The van der Waals surface area contributed by atoms with Gasteiger partial charge in [-0.05, 0) is 32.1 Å².